The van der Waals surface area contributed by atoms with Gasteiger partial charge in [0.25, 0.3) is 0 Å². The van der Waals surface area contributed by atoms with E-state index in [4.69, 9.17) is 5.26 Å². The number of nitrogens with zero attached hydrogens (tertiary/aromatic N) is 2. The molecule has 0 saturated carbocycles. The average molecular weight is 308 g/mol. The van der Waals surface area contributed by atoms with E-state index < -0.39 is 0 Å². The zero-order valence-corrected chi connectivity index (χ0v) is 13.7. The molecular formula is C19H20N2S. The molecule has 0 aromatic heterocycles. The molecule has 1 aliphatic heterocycles. The second kappa shape index (κ2) is 6.89. The minimum atomic E-state index is 0.733. The van der Waals surface area contributed by atoms with Crippen molar-refractivity contribution in [1.82, 2.24) is 0 Å². The SMILES string of the molecule is CCCCCCN1c2ccccc2Sc2cc(C#N)ccc21. The third-order valence-electron chi connectivity index (χ3n) is 3.99. The molecule has 2 aromatic carbocycles. The Morgan fingerprint density at radius 2 is 1.82 bits per heavy atom. The summed E-state index contributed by atoms with van der Waals surface area (Å²) in [5.41, 5.74) is 3.26. The molecule has 3 heteroatoms. The largest absolute Gasteiger partial charge is 0.340 e. The zero-order chi connectivity index (χ0) is 15.4. The van der Waals surface area contributed by atoms with Gasteiger partial charge in [0.05, 0.1) is 23.0 Å². The lowest BCUT2D eigenvalue weighted by Gasteiger charge is -2.33. The molecule has 2 aromatic rings. The second-order valence-electron chi connectivity index (χ2n) is 5.58. The number of rotatable bonds is 5. The summed E-state index contributed by atoms with van der Waals surface area (Å²) < 4.78 is 0. The molecule has 0 aliphatic carbocycles. The van der Waals surface area contributed by atoms with Crippen LogP contribution in [0.25, 0.3) is 0 Å². The smallest absolute Gasteiger partial charge is 0.0992 e. The molecule has 112 valence electrons. The predicted octanol–water partition coefficient (Wildman–Crippen LogP) is 5.74. The van der Waals surface area contributed by atoms with Gasteiger partial charge in [0.2, 0.25) is 0 Å². The maximum absolute atomic E-state index is 9.13. The van der Waals surface area contributed by atoms with Crippen LogP contribution in [-0.2, 0) is 0 Å². The van der Waals surface area contributed by atoms with Gasteiger partial charge in [-0.2, -0.15) is 5.26 Å². The summed E-state index contributed by atoms with van der Waals surface area (Å²) in [7, 11) is 0. The summed E-state index contributed by atoms with van der Waals surface area (Å²) >= 11 is 1.77. The molecule has 0 amide bonds. The van der Waals surface area contributed by atoms with E-state index in [1.807, 2.05) is 12.1 Å². The van der Waals surface area contributed by atoms with E-state index in [-0.39, 0.29) is 0 Å². The van der Waals surface area contributed by atoms with Gasteiger partial charge in [-0.05, 0) is 36.8 Å². The molecule has 2 nitrogen and oxygen atoms in total. The molecule has 0 spiro atoms. The Bertz CT molecular complexity index is 703. The zero-order valence-electron chi connectivity index (χ0n) is 12.9. The Morgan fingerprint density at radius 1 is 1.00 bits per heavy atom. The molecule has 3 rings (SSSR count). The van der Waals surface area contributed by atoms with E-state index in [0.717, 1.165) is 12.1 Å². The highest BCUT2D eigenvalue weighted by molar-refractivity contribution is 7.99. The fourth-order valence-electron chi connectivity index (χ4n) is 2.84. The van der Waals surface area contributed by atoms with Gasteiger partial charge in [0, 0.05) is 16.3 Å². The summed E-state index contributed by atoms with van der Waals surface area (Å²) in [6.45, 7) is 3.28. The quantitative estimate of drug-likeness (QED) is 0.659. The molecule has 0 N–H and O–H groups in total. The van der Waals surface area contributed by atoms with Gasteiger partial charge < -0.3 is 4.90 Å². The van der Waals surface area contributed by atoms with Crippen LogP contribution in [0.4, 0.5) is 11.4 Å². The molecule has 0 radical (unpaired) electrons. The van der Waals surface area contributed by atoms with Crippen LogP contribution >= 0.6 is 11.8 Å². The first-order valence-electron chi connectivity index (χ1n) is 7.92. The molecule has 0 fully saturated rings. The van der Waals surface area contributed by atoms with Crippen molar-refractivity contribution in [2.24, 2.45) is 0 Å². The lowest BCUT2D eigenvalue weighted by Crippen LogP contribution is -2.22. The number of hydrogen-bond donors (Lipinski definition) is 0. The Morgan fingerprint density at radius 3 is 2.64 bits per heavy atom. The fraction of sp³-hybridized carbons (Fsp3) is 0.316. The molecule has 1 aliphatic rings. The Hall–Kier alpha value is -1.92. The average Bonchev–Trinajstić information content (AvgIpc) is 2.57. The summed E-state index contributed by atoms with van der Waals surface area (Å²) in [5.74, 6) is 0. The van der Waals surface area contributed by atoms with Gasteiger partial charge >= 0.3 is 0 Å². The number of fused-ring (bicyclic) bond motifs is 2. The van der Waals surface area contributed by atoms with Crippen LogP contribution in [-0.4, -0.2) is 6.54 Å². The third-order valence-corrected chi connectivity index (χ3v) is 5.10. The Labute approximate surface area is 136 Å². The number of nitriles is 1. The predicted molar refractivity (Wildman–Crippen MR) is 92.9 cm³/mol. The lowest BCUT2D eigenvalue weighted by molar-refractivity contribution is 0.665. The van der Waals surface area contributed by atoms with Crippen LogP contribution in [0.1, 0.15) is 38.2 Å². The first kappa shape index (κ1) is 15.0. The van der Waals surface area contributed by atoms with Crippen molar-refractivity contribution in [3.8, 4) is 6.07 Å². The monoisotopic (exact) mass is 308 g/mol. The van der Waals surface area contributed by atoms with Crippen molar-refractivity contribution in [3.05, 3.63) is 48.0 Å². The van der Waals surface area contributed by atoms with E-state index in [1.54, 1.807) is 11.8 Å². The first-order chi connectivity index (χ1) is 10.8. The van der Waals surface area contributed by atoms with Gasteiger partial charge in [0.1, 0.15) is 0 Å². The lowest BCUT2D eigenvalue weighted by atomic mass is 10.1. The van der Waals surface area contributed by atoms with E-state index >= 15 is 0 Å². The second-order valence-corrected chi connectivity index (χ2v) is 6.66. The van der Waals surface area contributed by atoms with Gasteiger partial charge in [-0.3, -0.25) is 0 Å². The van der Waals surface area contributed by atoms with Crippen LogP contribution < -0.4 is 4.90 Å². The van der Waals surface area contributed by atoms with E-state index in [1.165, 1.54) is 46.8 Å². The number of anilines is 2. The van der Waals surface area contributed by atoms with Gasteiger partial charge in [-0.1, -0.05) is 50.1 Å². The normalized spacial score (nSPS) is 12.5. The van der Waals surface area contributed by atoms with Crippen molar-refractivity contribution in [2.75, 3.05) is 11.4 Å². The molecule has 0 saturated heterocycles. The van der Waals surface area contributed by atoms with Crippen molar-refractivity contribution >= 4 is 23.1 Å². The highest BCUT2D eigenvalue weighted by Gasteiger charge is 2.22. The highest BCUT2D eigenvalue weighted by atomic mass is 32.2. The molecular weight excluding hydrogens is 288 g/mol. The van der Waals surface area contributed by atoms with Crippen molar-refractivity contribution in [2.45, 2.75) is 42.4 Å². The fourth-order valence-corrected chi connectivity index (χ4v) is 3.98. The standard InChI is InChI=1S/C19H20N2S/c1-2-3-4-7-12-21-16-8-5-6-9-18(16)22-19-13-15(14-20)10-11-17(19)21/h5-6,8-11,13H,2-4,7,12H2,1H3. The number of para-hydroxylation sites is 1. The van der Waals surface area contributed by atoms with Gasteiger partial charge in [-0.25, -0.2) is 0 Å². The van der Waals surface area contributed by atoms with E-state index in [0.29, 0.717) is 0 Å². The summed E-state index contributed by atoms with van der Waals surface area (Å²) in [6.07, 6.45) is 5.03. The van der Waals surface area contributed by atoms with Crippen LogP contribution in [0, 0.1) is 11.3 Å². The van der Waals surface area contributed by atoms with Crippen molar-refractivity contribution < 1.29 is 0 Å². The van der Waals surface area contributed by atoms with Crippen LogP contribution in [0.3, 0.4) is 0 Å². The summed E-state index contributed by atoms with van der Waals surface area (Å²) in [6, 6.07) is 16.8. The first-order valence-corrected chi connectivity index (χ1v) is 8.73. The number of benzene rings is 2. The van der Waals surface area contributed by atoms with Crippen LogP contribution in [0.2, 0.25) is 0 Å². The topological polar surface area (TPSA) is 27.0 Å². The van der Waals surface area contributed by atoms with Crippen molar-refractivity contribution in [3.63, 3.8) is 0 Å². The van der Waals surface area contributed by atoms with Gasteiger partial charge in [-0.15, -0.1) is 0 Å². The number of hydrogen-bond acceptors (Lipinski definition) is 3. The molecule has 0 atom stereocenters. The van der Waals surface area contributed by atoms with Crippen molar-refractivity contribution in [1.29, 1.82) is 5.26 Å². The maximum Gasteiger partial charge on any atom is 0.0992 e. The minimum absolute atomic E-state index is 0.733. The summed E-state index contributed by atoms with van der Waals surface area (Å²) in [4.78, 5) is 4.88. The Kier molecular flexibility index (Phi) is 4.70. The highest BCUT2D eigenvalue weighted by Crippen LogP contribution is 2.48. The summed E-state index contributed by atoms with van der Waals surface area (Å²) in [5, 5.41) is 9.13. The minimum Gasteiger partial charge on any atom is -0.340 e. The van der Waals surface area contributed by atoms with Crippen LogP contribution in [0.15, 0.2) is 52.3 Å². The molecule has 22 heavy (non-hydrogen) atoms. The molecule has 0 unspecified atom stereocenters. The van der Waals surface area contributed by atoms with Crippen LogP contribution in [0.5, 0.6) is 0 Å². The third kappa shape index (κ3) is 2.98. The Balaban J connectivity index is 1.92. The molecule has 0 bridgehead atoms. The van der Waals surface area contributed by atoms with E-state index in [9.17, 15) is 0 Å². The molecule has 1 heterocycles. The number of unbranched alkanes of at least 4 members (excludes halogenated alkanes) is 3. The van der Waals surface area contributed by atoms with E-state index in [2.05, 4.69) is 48.2 Å². The van der Waals surface area contributed by atoms with Gasteiger partial charge in [0.15, 0.2) is 0 Å². The maximum atomic E-state index is 9.13.